The maximum absolute atomic E-state index is 12.5. The van der Waals surface area contributed by atoms with Crippen molar-refractivity contribution in [3.63, 3.8) is 0 Å². The van der Waals surface area contributed by atoms with Crippen LogP contribution in [0, 0.1) is 12.8 Å². The molecular formula is C17H27ClN2O2. The van der Waals surface area contributed by atoms with Gasteiger partial charge in [0.15, 0.2) is 6.10 Å². The summed E-state index contributed by atoms with van der Waals surface area (Å²) in [6, 6.07) is 7.83. The van der Waals surface area contributed by atoms with Gasteiger partial charge >= 0.3 is 0 Å². The average Bonchev–Trinajstić information content (AvgIpc) is 2.47. The van der Waals surface area contributed by atoms with Gasteiger partial charge in [0.05, 0.1) is 0 Å². The minimum atomic E-state index is -0.430. The van der Waals surface area contributed by atoms with Crippen LogP contribution in [0.2, 0.25) is 0 Å². The summed E-state index contributed by atoms with van der Waals surface area (Å²) in [5.41, 5.74) is 1.14. The van der Waals surface area contributed by atoms with Gasteiger partial charge in [0, 0.05) is 13.1 Å². The van der Waals surface area contributed by atoms with Crippen LogP contribution in [0.15, 0.2) is 24.3 Å². The van der Waals surface area contributed by atoms with E-state index < -0.39 is 6.10 Å². The predicted octanol–water partition coefficient (Wildman–Crippen LogP) is 2.64. The van der Waals surface area contributed by atoms with E-state index in [4.69, 9.17) is 4.74 Å². The standard InChI is InChI=1S/C17H26N2O2.ClH/c1-13-6-4-8-16(10-13)21-14(2)17(20)19-9-5-7-15(12-19)11-18-3;/h4,6,8,10,14-15,18H,5,7,9,11-12H2,1-3H3;1H. The molecule has 5 heteroatoms. The normalized spacial score (nSPS) is 19.2. The third-order valence-corrected chi connectivity index (χ3v) is 3.97. The zero-order valence-electron chi connectivity index (χ0n) is 13.7. The van der Waals surface area contributed by atoms with E-state index in [1.54, 1.807) is 0 Å². The Balaban J connectivity index is 0.00000242. The number of hydrogen-bond donors (Lipinski definition) is 1. The maximum atomic E-state index is 12.5. The van der Waals surface area contributed by atoms with Gasteiger partial charge in [-0.1, -0.05) is 12.1 Å². The number of ether oxygens (including phenoxy) is 1. The Bertz CT molecular complexity index is 479. The predicted molar refractivity (Wildman–Crippen MR) is 91.7 cm³/mol. The molecule has 1 amide bonds. The molecule has 1 N–H and O–H groups in total. The number of likely N-dealkylation sites (tertiary alicyclic amines) is 1. The molecule has 1 aromatic rings. The lowest BCUT2D eigenvalue weighted by molar-refractivity contribution is -0.139. The van der Waals surface area contributed by atoms with Crippen LogP contribution in [0.4, 0.5) is 0 Å². The molecule has 1 heterocycles. The van der Waals surface area contributed by atoms with Crippen LogP contribution in [-0.4, -0.2) is 43.6 Å². The topological polar surface area (TPSA) is 41.6 Å². The van der Waals surface area contributed by atoms with Crippen LogP contribution < -0.4 is 10.1 Å². The number of nitrogens with zero attached hydrogens (tertiary/aromatic N) is 1. The van der Waals surface area contributed by atoms with Crippen molar-refractivity contribution in [1.29, 1.82) is 0 Å². The molecule has 0 aliphatic carbocycles. The first-order chi connectivity index (χ1) is 10.1. The lowest BCUT2D eigenvalue weighted by Gasteiger charge is -2.34. The van der Waals surface area contributed by atoms with Gasteiger partial charge in [-0.05, 0) is 63.9 Å². The van der Waals surface area contributed by atoms with Crippen molar-refractivity contribution in [3.8, 4) is 5.75 Å². The van der Waals surface area contributed by atoms with Crippen molar-refractivity contribution in [3.05, 3.63) is 29.8 Å². The van der Waals surface area contributed by atoms with Crippen molar-refractivity contribution in [2.24, 2.45) is 5.92 Å². The number of carbonyl (C=O) groups is 1. The summed E-state index contributed by atoms with van der Waals surface area (Å²) >= 11 is 0. The number of aryl methyl sites for hydroxylation is 1. The number of hydrogen-bond acceptors (Lipinski definition) is 3. The molecule has 1 aliphatic heterocycles. The van der Waals surface area contributed by atoms with E-state index in [9.17, 15) is 4.79 Å². The van der Waals surface area contributed by atoms with E-state index in [2.05, 4.69) is 5.32 Å². The van der Waals surface area contributed by atoms with Gasteiger partial charge in [-0.15, -0.1) is 12.4 Å². The minimum Gasteiger partial charge on any atom is -0.481 e. The van der Waals surface area contributed by atoms with E-state index in [1.165, 1.54) is 6.42 Å². The summed E-state index contributed by atoms with van der Waals surface area (Å²) in [7, 11) is 1.96. The number of rotatable bonds is 5. The third-order valence-electron chi connectivity index (χ3n) is 3.97. The van der Waals surface area contributed by atoms with Crippen LogP contribution >= 0.6 is 12.4 Å². The second kappa shape index (κ2) is 9.01. The summed E-state index contributed by atoms with van der Waals surface area (Å²) in [6.45, 7) is 6.51. The van der Waals surface area contributed by atoms with Crippen molar-refractivity contribution in [2.75, 3.05) is 26.7 Å². The van der Waals surface area contributed by atoms with Crippen molar-refractivity contribution >= 4 is 18.3 Å². The molecule has 0 saturated carbocycles. The molecule has 1 fully saturated rings. The second-order valence-corrected chi connectivity index (χ2v) is 5.93. The zero-order chi connectivity index (χ0) is 15.2. The van der Waals surface area contributed by atoms with Crippen LogP contribution in [0.1, 0.15) is 25.3 Å². The average molecular weight is 327 g/mol. The number of benzene rings is 1. The van der Waals surface area contributed by atoms with Crippen molar-refractivity contribution < 1.29 is 9.53 Å². The highest BCUT2D eigenvalue weighted by Crippen LogP contribution is 2.19. The lowest BCUT2D eigenvalue weighted by atomic mass is 9.97. The summed E-state index contributed by atoms with van der Waals surface area (Å²) in [6.07, 6.45) is 1.84. The van der Waals surface area contributed by atoms with E-state index in [1.807, 2.05) is 50.1 Å². The molecule has 0 bridgehead atoms. The molecule has 1 saturated heterocycles. The van der Waals surface area contributed by atoms with Gasteiger partial charge in [0.1, 0.15) is 5.75 Å². The van der Waals surface area contributed by atoms with E-state index in [0.29, 0.717) is 5.92 Å². The highest BCUT2D eigenvalue weighted by molar-refractivity contribution is 5.85. The first-order valence-electron chi connectivity index (χ1n) is 7.77. The number of halogens is 1. The largest absolute Gasteiger partial charge is 0.481 e. The van der Waals surface area contributed by atoms with Crippen LogP contribution in [0.25, 0.3) is 0 Å². The Morgan fingerprint density at radius 3 is 2.95 bits per heavy atom. The maximum Gasteiger partial charge on any atom is 0.263 e. The fourth-order valence-electron chi connectivity index (χ4n) is 2.92. The molecule has 0 radical (unpaired) electrons. The Labute approximate surface area is 139 Å². The molecule has 124 valence electrons. The van der Waals surface area contributed by atoms with Crippen LogP contribution in [0.5, 0.6) is 5.75 Å². The van der Waals surface area contributed by atoms with E-state index in [-0.39, 0.29) is 18.3 Å². The number of carbonyl (C=O) groups excluding carboxylic acids is 1. The number of amides is 1. The summed E-state index contributed by atoms with van der Waals surface area (Å²) in [4.78, 5) is 14.5. The van der Waals surface area contributed by atoms with Gasteiger partial charge in [-0.2, -0.15) is 0 Å². The molecule has 1 aliphatic rings. The van der Waals surface area contributed by atoms with Crippen LogP contribution in [-0.2, 0) is 4.79 Å². The Hall–Kier alpha value is -1.26. The molecule has 22 heavy (non-hydrogen) atoms. The third kappa shape index (κ3) is 5.18. The molecule has 2 rings (SSSR count). The molecule has 0 spiro atoms. The van der Waals surface area contributed by atoms with Crippen molar-refractivity contribution in [1.82, 2.24) is 10.2 Å². The first kappa shape index (κ1) is 18.8. The Morgan fingerprint density at radius 1 is 1.50 bits per heavy atom. The zero-order valence-corrected chi connectivity index (χ0v) is 14.5. The highest BCUT2D eigenvalue weighted by Gasteiger charge is 2.27. The van der Waals surface area contributed by atoms with Gasteiger partial charge < -0.3 is 15.0 Å². The quantitative estimate of drug-likeness (QED) is 0.904. The monoisotopic (exact) mass is 326 g/mol. The molecule has 4 nitrogen and oxygen atoms in total. The SMILES string of the molecule is CNCC1CCCN(C(=O)C(C)Oc2cccc(C)c2)C1.Cl. The van der Waals surface area contributed by atoms with Gasteiger partial charge in [0.25, 0.3) is 5.91 Å². The van der Waals surface area contributed by atoms with E-state index >= 15 is 0 Å². The fourth-order valence-corrected chi connectivity index (χ4v) is 2.92. The van der Waals surface area contributed by atoms with Crippen molar-refractivity contribution in [2.45, 2.75) is 32.8 Å². The minimum absolute atomic E-state index is 0. The Morgan fingerprint density at radius 2 is 2.27 bits per heavy atom. The molecule has 1 aromatic carbocycles. The molecule has 2 atom stereocenters. The molecule has 0 aromatic heterocycles. The number of piperidine rings is 1. The lowest BCUT2D eigenvalue weighted by Crippen LogP contribution is -2.47. The smallest absolute Gasteiger partial charge is 0.263 e. The van der Waals surface area contributed by atoms with Crippen LogP contribution in [0.3, 0.4) is 0 Å². The second-order valence-electron chi connectivity index (χ2n) is 5.93. The number of nitrogens with one attached hydrogen (secondary N) is 1. The summed E-state index contributed by atoms with van der Waals surface area (Å²) in [5.74, 6) is 1.41. The highest BCUT2D eigenvalue weighted by atomic mass is 35.5. The van der Waals surface area contributed by atoms with Gasteiger partial charge in [0.2, 0.25) is 0 Å². The molecular weight excluding hydrogens is 300 g/mol. The van der Waals surface area contributed by atoms with E-state index in [0.717, 1.165) is 37.4 Å². The first-order valence-corrected chi connectivity index (χ1v) is 7.77. The van der Waals surface area contributed by atoms with Gasteiger partial charge in [-0.3, -0.25) is 4.79 Å². The Kier molecular flexibility index (Phi) is 7.69. The fraction of sp³-hybridized carbons (Fsp3) is 0.588. The molecule has 2 unspecified atom stereocenters. The summed E-state index contributed by atoms with van der Waals surface area (Å²) < 4.78 is 5.80. The van der Waals surface area contributed by atoms with Gasteiger partial charge in [-0.25, -0.2) is 0 Å². The summed E-state index contributed by atoms with van der Waals surface area (Å²) in [5, 5.41) is 3.20.